The zero-order chi connectivity index (χ0) is 14.7. The topological polar surface area (TPSA) is 48.0 Å². The Morgan fingerprint density at radius 1 is 1.24 bits per heavy atom. The van der Waals surface area contributed by atoms with Crippen LogP contribution in [0.4, 0.5) is 0 Å². The van der Waals surface area contributed by atoms with Crippen LogP contribution in [0.5, 0.6) is 0 Å². The molecular formula is C16H27NO4. The van der Waals surface area contributed by atoms with Crippen LogP contribution in [0.2, 0.25) is 0 Å². The maximum absolute atomic E-state index is 11.7. The van der Waals surface area contributed by atoms with E-state index in [0.29, 0.717) is 19.2 Å². The Labute approximate surface area is 126 Å². The molecule has 120 valence electrons. The summed E-state index contributed by atoms with van der Waals surface area (Å²) in [6.07, 6.45) is 8.09. The van der Waals surface area contributed by atoms with Gasteiger partial charge in [0.25, 0.3) is 0 Å². The molecule has 3 fully saturated rings. The van der Waals surface area contributed by atoms with Gasteiger partial charge < -0.3 is 14.2 Å². The molecule has 1 saturated carbocycles. The minimum absolute atomic E-state index is 0.111. The van der Waals surface area contributed by atoms with Crippen LogP contribution < -0.4 is 0 Å². The predicted molar refractivity (Wildman–Crippen MR) is 78.1 cm³/mol. The number of hydrogen-bond donors (Lipinski definition) is 0. The molecule has 0 N–H and O–H groups in total. The van der Waals surface area contributed by atoms with E-state index < -0.39 is 6.10 Å². The van der Waals surface area contributed by atoms with Crippen LogP contribution in [-0.4, -0.2) is 62.0 Å². The van der Waals surface area contributed by atoms with E-state index in [2.05, 4.69) is 4.90 Å². The van der Waals surface area contributed by atoms with Crippen molar-refractivity contribution >= 4 is 5.97 Å². The molecule has 2 atom stereocenters. The lowest BCUT2D eigenvalue weighted by Crippen LogP contribution is -2.55. The van der Waals surface area contributed by atoms with Crippen LogP contribution in [0.15, 0.2) is 0 Å². The molecule has 0 radical (unpaired) electrons. The third kappa shape index (κ3) is 3.41. The van der Waals surface area contributed by atoms with Crippen LogP contribution in [0.25, 0.3) is 0 Å². The maximum atomic E-state index is 11.7. The van der Waals surface area contributed by atoms with E-state index in [9.17, 15) is 4.79 Å². The Morgan fingerprint density at radius 3 is 2.81 bits per heavy atom. The number of ether oxygens (including phenoxy) is 3. The lowest BCUT2D eigenvalue weighted by molar-refractivity contribution is -0.166. The average molecular weight is 297 g/mol. The molecule has 0 aromatic carbocycles. The molecule has 0 aromatic heterocycles. The largest absolute Gasteiger partial charge is 0.467 e. The van der Waals surface area contributed by atoms with Crippen molar-refractivity contribution in [2.75, 3.05) is 33.4 Å². The van der Waals surface area contributed by atoms with Crippen LogP contribution >= 0.6 is 0 Å². The minimum Gasteiger partial charge on any atom is -0.467 e. The number of carbonyl (C=O) groups excluding carboxylic acids is 1. The van der Waals surface area contributed by atoms with E-state index in [1.807, 2.05) is 0 Å². The number of carbonyl (C=O) groups is 1. The van der Waals surface area contributed by atoms with Gasteiger partial charge in [0.15, 0.2) is 6.10 Å². The van der Waals surface area contributed by atoms with E-state index in [0.717, 1.165) is 26.0 Å². The third-order valence-electron chi connectivity index (χ3n) is 5.31. The smallest absolute Gasteiger partial charge is 0.336 e. The van der Waals surface area contributed by atoms with Crippen LogP contribution in [0.3, 0.4) is 0 Å². The number of hydrogen-bond acceptors (Lipinski definition) is 5. The van der Waals surface area contributed by atoms with Gasteiger partial charge in [-0.3, -0.25) is 4.90 Å². The van der Waals surface area contributed by atoms with Crippen LogP contribution in [-0.2, 0) is 19.0 Å². The van der Waals surface area contributed by atoms with Crippen molar-refractivity contribution in [3.05, 3.63) is 0 Å². The normalized spacial score (nSPS) is 33.8. The Morgan fingerprint density at radius 2 is 2.05 bits per heavy atom. The molecule has 3 aliphatic rings. The molecule has 1 aliphatic carbocycles. The zero-order valence-electron chi connectivity index (χ0n) is 13.0. The Bertz CT molecular complexity index is 362. The number of rotatable bonds is 2. The molecule has 2 heterocycles. The molecule has 0 amide bonds. The van der Waals surface area contributed by atoms with E-state index in [1.165, 1.54) is 39.2 Å². The number of esters is 1. The Kier molecular flexibility index (Phi) is 4.82. The molecule has 21 heavy (non-hydrogen) atoms. The van der Waals surface area contributed by atoms with Gasteiger partial charge in [-0.25, -0.2) is 4.79 Å². The SMILES string of the molecule is COC(=O)C1CN(C2CCOC3(CCCCC3)C2)CCO1. The standard InChI is InChI=1S/C16H27NO4/c1-19-15(18)14-12-17(8-10-20-14)13-5-9-21-16(11-13)6-3-2-4-7-16/h13-14H,2-12H2,1H3. The van der Waals surface area contributed by atoms with Crippen molar-refractivity contribution < 1.29 is 19.0 Å². The summed E-state index contributed by atoms with van der Waals surface area (Å²) in [7, 11) is 1.43. The second-order valence-electron chi connectivity index (χ2n) is 6.62. The quantitative estimate of drug-likeness (QED) is 0.727. The summed E-state index contributed by atoms with van der Waals surface area (Å²) in [6, 6.07) is 0.521. The molecule has 0 bridgehead atoms. The Hall–Kier alpha value is -0.650. The maximum Gasteiger partial charge on any atom is 0.336 e. The first-order chi connectivity index (χ1) is 10.2. The van der Waals surface area contributed by atoms with Gasteiger partial charge in [0.1, 0.15) is 0 Å². The Balaban J connectivity index is 1.61. The van der Waals surface area contributed by atoms with E-state index in [1.54, 1.807) is 0 Å². The van der Waals surface area contributed by atoms with Gasteiger partial charge in [0.05, 0.1) is 19.3 Å². The number of nitrogens with zero attached hydrogens (tertiary/aromatic N) is 1. The number of methoxy groups -OCH3 is 1. The highest BCUT2D eigenvalue weighted by atomic mass is 16.6. The van der Waals surface area contributed by atoms with Gasteiger partial charge in [-0.1, -0.05) is 19.3 Å². The van der Waals surface area contributed by atoms with Gasteiger partial charge >= 0.3 is 5.97 Å². The molecular weight excluding hydrogens is 270 g/mol. The van der Waals surface area contributed by atoms with Crippen LogP contribution in [0.1, 0.15) is 44.9 Å². The molecule has 2 unspecified atom stereocenters. The van der Waals surface area contributed by atoms with Gasteiger partial charge in [-0.2, -0.15) is 0 Å². The van der Waals surface area contributed by atoms with Gasteiger partial charge in [0, 0.05) is 25.7 Å². The highest BCUT2D eigenvalue weighted by Gasteiger charge is 2.41. The van der Waals surface area contributed by atoms with Gasteiger partial charge in [0.2, 0.25) is 0 Å². The second kappa shape index (κ2) is 6.63. The van der Waals surface area contributed by atoms with Crippen molar-refractivity contribution in [2.45, 2.75) is 62.7 Å². The predicted octanol–water partition coefficient (Wildman–Crippen LogP) is 1.74. The van der Waals surface area contributed by atoms with E-state index in [-0.39, 0.29) is 11.6 Å². The summed E-state index contributed by atoms with van der Waals surface area (Å²) >= 11 is 0. The fourth-order valence-electron chi connectivity index (χ4n) is 4.13. The highest BCUT2D eigenvalue weighted by molar-refractivity contribution is 5.74. The molecule has 2 saturated heterocycles. The first-order valence-corrected chi connectivity index (χ1v) is 8.30. The van der Waals surface area contributed by atoms with Crippen molar-refractivity contribution in [3.8, 4) is 0 Å². The summed E-state index contributed by atoms with van der Waals surface area (Å²) in [5.74, 6) is -0.251. The average Bonchev–Trinajstić information content (AvgIpc) is 2.55. The molecule has 5 heteroatoms. The molecule has 0 aromatic rings. The molecule has 1 spiro atoms. The summed E-state index contributed by atoms with van der Waals surface area (Å²) < 4.78 is 16.5. The first-order valence-electron chi connectivity index (χ1n) is 8.30. The fraction of sp³-hybridized carbons (Fsp3) is 0.938. The van der Waals surface area contributed by atoms with Crippen molar-refractivity contribution in [1.29, 1.82) is 0 Å². The van der Waals surface area contributed by atoms with Crippen molar-refractivity contribution in [1.82, 2.24) is 4.90 Å². The summed E-state index contributed by atoms with van der Waals surface area (Å²) in [6.45, 7) is 3.04. The summed E-state index contributed by atoms with van der Waals surface area (Å²) in [5.41, 5.74) is 0.111. The molecule has 5 nitrogen and oxygen atoms in total. The van der Waals surface area contributed by atoms with Crippen molar-refractivity contribution in [2.24, 2.45) is 0 Å². The van der Waals surface area contributed by atoms with Crippen LogP contribution in [0, 0.1) is 0 Å². The molecule has 3 rings (SSSR count). The highest BCUT2D eigenvalue weighted by Crippen LogP contribution is 2.40. The van der Waals surface area contributed by atoms with Crippen molar-refractivity contribution in [3.63, 3.8) is 0 Å². The minimum atomic E-state index is -0.422. The van der Waals surface area contributed by atoms with E-state index >= 15 is 0 Å². The van der Waals surface area contributed by atoms with Gasteiger partial charge in [-0.15, -0.1) is 0 Å². The summed E-state index contributed by atoms with van der Waals surface area (Å²) in [5, 5.41) is 0. The lowest BCUT2D eigenvalue weighted by Gasteiger charge is -2.47. The lowest BCUT2D eigenvalue weighted by atomic mass is 9.78. The third-order valence-corrected chi connectivity index (χ3v) is 5.31. The second-order valence-corrected chi connectivity index (χ2v) is 6.62. The number of morpholine rings is 1. The van der Waals surface area contributed by atoms with E-state index in [4.69, 9.17) is 14.2 Å². The first kappa shape index (κ1) is 15.3. The van der Waals surface area contributed by atoms with Gasteiger partial charge in [-0.05, 0) is 25.7 Å². The monoisotopic (exact) mass is 297 g/mol. The summed E-state index contributed by atoms with van der Waals surface area (Å²) in [4.78, 5) is 14.1. The fourth-order valence-corrected chi connectivity index (χ4v) is 4.13. The molecule has 2 aliphatic heterocycles. The zero-order valence-corrected chi connectivity index (χ0v) is 13.0.